The molecule has 0 aliphatic heterocycles. The molecule has 0 radical (unpaired) electrons. The van der Waals surface area contributed by atoms with E-state index in [1.807, 2.05) is 30.3 Å². The van der Waals surface area contributed by atoms with Gasteiger partial charge >= 0.3 is 152 Å². The van der Waals surface area contributed by atoms with Crippen molar-refractivity contribution in [3.63, 3.8) is 0 Å². The Kier molecular flexibility index (Phi) is 6.32. The Hall–Kier alpha value is -2.56. The van der Waals surface area contributed by atoms with Gasteiger partial charge in [0.1, 0.15) is 0 Å². The fraction of sp³-hybridized carbons (Fsp3) is 0.105. The summed E-state index contributed by atoms with van der Waals surface area (Å²) in [6.45, 7) is 0.424. The quantitative estimate of drug-likeness (QED) is 0.464. The molecule has 3 aromatic rings. The number of esters is 1. The van der Waals surface area contributed by atoms with Crippen LogP contribution in [0.25, 0.3) is 0 Å². The molecule has 1 atom stereocenters. The summed E-state index contributed by atoms with van der Waals surface area (Å²) in [6.07, 6.45) is 1.39. The first kappa shape index (κ1) is 19.2. The van der Waals surface area contributed by atoms with E-state index < -0.39 is 5.97 Å². The van der Waals surface area contributed by atoms with Gasteiger partial charge in [0.05, 0.1) is 0 Å². The molecule has 1 unspecified atom stereocenters. The number of hydrogen-bond acceptors (Lipinski definition) is 6. The second kappa shape index (κ2) is 8.89. The van der Waals surface area contributed by atoms with Gasteiger partial charge in [0.25, 0.3) is 0 Å². The average molecular weight is 446 g/mol. The molecule has 2 aromatic carbocycles. The molecule has 0 saturated heterocycles. The number of ether oxygens (including phenoxy) is 2. The van der Waals surface area contributed by atoms with Crippen LogP contribution in [0, 0.1) is 0 Å². The van der Waals surface area contributed by atoms with Gasteiger partial charge in [-0.15, -0.1) is 0 Å². The molecule has 0 bridgehead atoms. The summed E-state index contributed by atoms with van der Waals surface area (Å²) in [6, 6.07) is 15.1. The zero-order valence-corrected chi connectivity index (χ0v) is 17.7. The standard InChI is InChI=1S/C19H17AsClN3O3/c1-26-19(25)16-17(20)22-11-23-18(16)24-13-7-8-15(14(21)9-13)27-10-12-5-3-2-4-6-12/h2-9,11H,10,20H2,1H3,(H,22,23,24). The molecular weight excluding hydrogens is 429 g/mol. The van der Waals surface area contributed by atoms with E-state index in [2.05, 4.69) is 15.3 Å². The zero-order chi connectivity index (χ0) is 19.2. The molecule has 0 amide bonds. The second-order valence-corrected chi connectivity index (χ2v) is 7.07. The molecule has 6 nitrogen and oxygen atoms in total. The van der Waals surface area contributed by atoms with Crippen LogP contribution < -0.4 is 14.5 Å². The number of rotatable bonds is 6. The number of carbonyl (C=O) groups is 1. The van der Waals surface area contributed by atoms with E-state index in [1.165, 1.54) is 30.3 Å². The maximum atomic E-state index is 12.0. The van der Waals surface area contributed by atoms with E-state index in [0.717, 1.165) is 5.56 Å². The number of hydrogen-bond donors (Lipinski definition) is 1. The van der Waals surface area contributed by atoms with Crippen molar-refractivity contribution in [3.05, 3.63) is 71.0 Å². The number of anilines is 2. The number of nitrogens with zero attached hydrogens (tertiary/aromatic N) is 2. The molecule has 0 aliphatic rings. The number of halogens is 1. The van der Waals surface area contributed by atoms with Gasteiger partial charge in [0.2, 0.25) is 0 Å². The third kappa shape index (κ3) is 4.79. The molecule has 3 rings (SSSR count). The van der Waals surface area contributed by atoms with Crippen LogP contribution in [0.4, 0.5) is 11.5 Å². The number of nitrogens with one attached hydrogen (secondary N) is 1. The number of carbonyl (C=O) groups excluding carboxylic acids is 1. The van der Waals surface area contributed by atoms with Crippen LogP contribution in [-0.2, 0) is 11.3 Å². The fourth-order valence-corrected chi connectivity index (χ4v) is 3.27. The second-order valence-electron chi connectivity index (χ2n) is 5.52. The van der Waals surface area contributed by atoms with E-state index in [1.54, 1.807) is 18.2 Å². The Bertz CT molecular complexity index is 954. The van der Waals surface area contributed by atoms with Gasteiger partial charge in [0.15, 0.2) is 0 Å². The summed E-state index contributed by atoms with van der Waals surface area (Å²) in [5, 5.41) is 3.54. The van der Waals surface area contributed by atoms with Gasteiger partial charge in [0, 0.05) is 0 Å². The third-order valence-electron chi connectivity index (χ3n) is 3.70. The van der Waals surface area contributed by atoms with Crippen LogP contribution in [0.1, 0.15) is 15.9 Å². The van der Waals surface area contributed by atoms with Crippen molar-refractivity contribution in [2.45, 2.75) is 6.61 Å². The first-order valence-electron chi connectivity index (χ1n) is 8.00. The van der Waals surface area contributed by atoms with Crippen LogP contribution >= 0.6 is 11.6 Å². The van der Waals surface area contributed by atoms with Crippen molar-refractivity contribution >= 4 is 50.4 Å². The molecule has 27 heavy (non-hydrogen) atoms. The molecule has 1 aromatic heterocycles. The predicted molar refractivity (Wildman–Crippen MR) is 107 cm³/mol. The summed E-state index contributed by atoms with van der Waals surface area (Å²) >= 11 is 7.55. The average Bonchev–Trinajstić information content (AvgIpc) is 2.68. The van der Waals surface area contributed by atoms with Crippen LogP contribution in [0.5, 0.6) is 5.75 Å². The fourth-order valence-electron chi connectivity index (χ4n) is 2.36. The number of benzene rings is 2. The summed E-state index contributed by atoms with van der Waals surface area (Å²) in [7, 11) is 1.32. The van der Waals surface area contributed by atoms with Crippen molar-refractivity contribution in [1.29, 1.82) is 0 Å². The molecule has 0 saturated carbocycles. The SMILES string of the molecule is COC(=O)c1c([AsH2])ncnc1Nc1ccc(OCc2ccccc2)c(Cl)c1. The Morgan fingerprint density at radius 1 is 1.19 bits per heavy atom. The zero-order valence-electron chi connectivity index (χ0n) is 14.5. The molecule has 1 heterocycles. The molecule has 138 valence electrons. The van der Waals surface area contributed by atoms with E-state index in [0.29, 0.717) is 38.9 Å². The Labute approximate surface area is 170 Å². The van der Waals surface area contributed by atoms with Crippen molar-refractivity contribution in [2.24, 2.45) is 0 Å². The predicted octanol–water partition coefficient (Wildman–Crippen LogP) is 2.50. The molecule has 0 aliphatic carbocycles. The van der Waals surface area contributed by atoms with Gasteiger partial charge in [-0.1, -0.05) is 18.2 Å². The summed E-state index contributed by atoms with van der Waals surface area (Å²) < 4.78 is 11.2. The first-order valence-corrected chi connectivity index (χ1v) is 9.59. The van der Waals surface area contributed by atoms with Crippen LogP contribution in [-0.4, -0.2) is 39.9 Å². The van der Waals surface area contributed by atoms with Gasteiger partial charge in [-0.25, -0.2) is 0 Å². The van der Waals surface area contributed by atoms with Crippen molar-refractivity contribution in [2.75, 3.05) is 12.4 Å². The van der Waals surface area contributed by atoms with Gasteiger partial charge in [-0.05, 0) is 0 Å². The van der Waals surface area contributed by atoms with Crippen molar-refractivity contribution < 1.29 is 14.3 Å². The minimum atomic E-state index is -0.494. The van der Waals surface area contributed by atoms with E-state index >= 15 is 0 Å². The van der Waals surface area contributed by atoms with Crippen molar-refractivity contribution in [3.8, 4) is 5.75 Å². The molecule has 1 N–H and O–H groups in total. The monoisotopic (exact) mass is 445 g/mol. The number of aromatic nitrogens is 2. The van der Waals surface area contributed by atoms with E-state index in [4.69, 9.17) is 21.1 Å². The van der Waals surface area contributed by atoms with Crippen LogP contribution in [0.2, 0.25) is 5.02 Å². The van der Waals surface area contributed by atoms with Crippen molar-refractivity contribution in [1.82, 2.24) is 9.97 Å². The third-order valence-corrected chi connectivity index (χ3v) is 4.91. The summed E-state index contributed by atoms with van der Waals surface area (Å²) in [5.74, 6) is 0.443. The topological polar surface area (TPSA) is 73.3 Å². The van der Waals surface area contributed by atoms with E-state index in [9.17, 15) is 4.79 Å². The van der Waals surface area contributed by atoms with Gasteiger partial charge in [-0.3, -0.25) is 0 Å². The summed E-state index contributed by atoms with van der Waals surface area (Å²) in [4.78, 5) is 20.2. The minimum absolute atomic E-state index is 0.306. The first-order chi connectivity index (χ1) is 13.1. The molecule has 8 heteroatoms. The van der Waals surface area contributed by atoms with E-state index in [-0.39, 0.29) is 0 Å². The van der Waals surface area contributed by atoms with Crippen LogP contribution in [0.3, 0.4) is 0 Å². The number of methoxy groups -OCH3 is 1. The van der Waals surface area contributed by atoms with Gasteiger partial charge < -0.3 is 0 Å². The Morgan fingerprint density at radius 3 is 2.67 bits per heavy atom. The molecular formula is C19H17AsClN3O3. The molecule has 0 fully saturated rings. The Balaban J connectivity index is 1.77. The Morgan fingerprint density at radius 2 is 1.96 bits per heavy atom. The molecule has 0 spiro atoms. The van der Waals surface area contributed by atoms with Crippen LogP contribution in [0.15, 0.2) is 54.9 Å². The normalized spacial score (nSPS) is 10.3. The summed E-state index contributed by atoms with van der Waals surface area (Å²) in [5.41, 5.74) is 2.03. The van der Waals surface area contributed by atoms with Gasteiger partial charge in [-0.2, -0.15) is 0 Å². The maximum absolute atomic E-state index is 12.0.